The molecule has 2 aromatic carbocycles. The van der Waals surface area contributed by atoms with Gasteiger partial charge in [-0.2, -0.15) is 0 Å². The molecule has 1 fully saturated rings. The molecular weight excluding hydrogens is 440 g/mol. The molecule has 0 unspecified atom stereocenters. The van der Waals surface area contributed by atoms with Gasteiger partial charge < -0.3 is 30.5 Å². The molecule has 0 saturated carbocycles. The lowest BCUT2D eigenvalue weighted by atomic mass is 10.1. The number of carboxylic acid groups (broad SMARTS) is 1. The second-order valence-electron chi connectivity index (χ2n) is 7.17. The fourth-order valence-corrected chi connectivity index (χ4v) is 3.59. The van der Waals surface area contributed by atoms with E-state index in [2.05, 4.69) is 10.6 Å². The maximum Gasteiger partial charge on any atom is 0.335 e. The van der Waals surface area contributed by atoms with E-state index in [1.807, 2.05) is 0 Å². The van der Waals surface area contributed by atoms with Crippen LogP contribution in [0, 0.1) is 5.41 Å². The van der Waals surface area contributed by atoms with E-state index in [0.29, 0.717) is 23.8 Å². The average Bonchev–Trinajstić information content (AvgIpc) is 3.13. The normalized spacial score (nSPS) is 18.3. The topological polar surface area (TPSA) is 152 Å². The van der Waals surface area contributed by atoms with Crippen LogP contribution in [0.3, 0.4) is 0 Å². The van der Waals surface area contributed by atoms with Crippen LogP contribution in [0.15, 0.2) is 42.5 Å². The number of rotatable bonds is 5. The summed E-state index contributed by atoms with van der Waals surface area (Å²) < 4.78 is 5.37. The van der Waals surface area contributed by atoms with Crippen LogP contribution in [0.1, 0.15) is 21.5 Å². The Morgan fingerprint density at radius 3 is 2.78 bits per heavy atom. The standard InChI is InChI=1S/C21H20N4O6.ClH/c22-18-15-5-4-13(8-12(15)10-23-18)24-19(27)16(26)17-20(28)25(6-7-31-17)14-3-1-2-11(9-14)21(29)30;/h1-5,8-9,16-17,26H,6-7,10H2,(H2,22,23)(H,24,27)(H,29,30);1H/t16-,17-;/m1./s1. The molecule has 2 heterocycles. The summed E-state index contributed by atoms with van der Waals surface area (Å²) >= 11 is 0. The van der Waals surface area contributed by atoms with Gasteiger partial charge in [0, 0.05) is 30.0 Å². The molecule has 0 radical (unpaired) electrons. The van der Waals surface area contributed by atoms with Crippen molar-refractivity contribution < 1.29 is 29.3 Å². The molecule has 1 saturated heterocycles. The van der Waals surface area contributed by atoms with Crippen LogP contribution in [0.5, 0.6) is 0 Å². The molecule has 2 atom stereocenters. The van der Waals surface area contributed by atoms with Gasteiger partial charge in [0.1, 0.15) is 5.84 Å². The van der Waals surface area contributed by atoms with Crippen molar-refractivity contribution in [3.05, 3.63) is 59.2 Å². The number of anilines is 2. The molecule has 4 rings (SSSR count). The number of amidine groups is 1. The largest absolute Gasteiger partial charge is 0.478 e. The minimum Gasteiger partial charge on any atom is -0.478 e. The van der Waals surface area contributed by atoms with Crippen LogP contribution >= 0.6 is 12.4 Å². The molecule has 5 N–H and O–H groups in total. The number of carboxylic acids is 1. The highest BCUT2D eigenvalue weighted by Gasteiger charge is 2.39. The van der Waals surface area contributed by atoms with Crippen LogP contribution in [-0.4, -0.2) is 59.2 Å². The number of hydrogen-bond donors (Lipinski definition) is 5. The van der Waals surface area contributed by atoms with Crippen LogP contribution in [0.2, 0.25) is 0 Å². The van der Waals surface area contributed by atoms with Crippen molar-refractivity contribution in [1.29, 1.82) is 5.41 Å². The van der Waals surface area contributed by atoms with Gasteiger partial charge in [0.05, 0.1) is 12.2 Å². The fourth-order valence-electron chi connectivity index (χ4n) is 3.59. The van der Waals surface area contributed by atoms with Crippen LogP contribution < -0.4 is 15.5 Å². The molecule has 11 heteroatoms. The highest BCUT2D eigenvalue weighted by molar-refractivity contribution is 6.05. The Bertz CT molecular complexity index is 1090. The van der Waals surface area contributed by atoms with Gasteiger partial charge in [-0.1, -0.05) is 6.07 Å². The van der Waals surface area contributed by atoms with Crippen LogP contribution in [-0.2, 0) is 20.9 Å². The molecule has 0 spiro atoms. The van der Waals surface area contributed by atoms with Gasteiger partial charge in [-0.25, -0.2) is 4.79 Å². The maximum atomic E-state index is 12.9. The zero-order valence-corrected chi connectivity index (χ0v) is 17.5. The summed E-state index contributed by atoms with van der Waals surface area (Å²) in [6, 6.07) is 10.9. The number of ether oxygens (including phenoxy) is 1. The Morgan fingerprint density at radius 1 is 1.25 bits per heavy atom. The molecule has 0 bridgehead atoms. The monoisotopic (exact) mass is 460 g/mol. The number of amides is 2. The van der Waals surface area contributed by atoms with E-state index in [1.165, 1.54) is 23.1 Å². The molecule has 2 aliphatic heterocycles. The second kappa shape index (κ2) is 9.35. The lowest BCUT2D eigenvalue weighted by Gasteiger charge is -2.34. The van der Waals surface area contributed by atoms with E-state index in [9.17, 15) is 19.5 Å². The van der Waals surface area contributed by atoms with Gasteiger partial charge in [0.25, 0.3) is 11.8 Å². The molecule has 168 valence electrons. The van der Waals surface area contributed by atoms with Crippen LogP contribution in [0.4, 0.5) is 11.4 Å². The van der Waals surface area contributed by atoms with E-state index < -0.39 is 30.0 Å². The zero-order valence-electron chi connectivity index (χ0n) is 16.7. The third-order valence-electron chi connectivity index (χ3n) is 5.18. The number of nitrogens with zero attached hydrogens (tertiary/aromatic N) is 1. The Balaban J connectivity index is 0.00000289. The Labute approximate surface area is 189 Å². The fraction of sp³-hybridized carbons (Fsp3) is 0.238. The molecule has 10 nitrogen and oxygen atoms in total. The van der Waals surface area contributed by atoms with Crippen LogP contribution in [0.25, 0.3) is 0 Å². The van der Waals surface area contributed by atoms with Crippen molar-refractivity contribution in [2.75, 3.05) is 23.4 Å². The first-order valence-electron chi connectivity index (χ1n) is 9.56. The average molecular weight is 461 g/mol. The summed E-state index contributed by atoms with van der Waals surface area (Å²) in [5, 5.41) is 32.9. The number of aliphatic hydroxyl groups excluding tert-OH is 1. The second-order valence-corrected chi connectivity index (χ2v) is 7.17. The summed E-state index contributed by atoms with van der Waals surface area (Å²) in [6.45, 7) is 0.705. The van der Waals surface area contributed by atoms with Crippen molar-refractivity contribution in [2.45, 2.75) is 18.8 Å². The number of carbonyl (C=O) groups excluding carboxylic acids is 2. The number of fused-ring (bicyclic) bond motifs is 1. The highest BCUT2D eigenvalue weighted by Crippen LogP contribution is 2.23. The smallest absolute Gasteiger partial charge is 0.335 e. The number of benzene rings is 2. The first-order chi connectivity index (χ1) is 14.8. The molecule has 0 aromatic heterocycles. The van der Waals surface area contributed by atoms with Gasteiger partial charge in [-0.15, -0.1) is 12.4 Å². The number of halogens is 1. The van der Waals surface area contributed by atoms with E-state index in [4.69, 9.17) is 15.3 Å². The first kappa shape index (κ1) is 23.2. The summed E-state index contributed by atoms with van der Waals surface area (Å²) in [7, 11) is 0. The van der Waals surface area contributed by atoms with Gasteiger partial charge in [0.2, 0.25) is 0 Å². The maximum absolute atomic E-state index is 12.9. The minimum atomic E-state index is -1.76. The van der Waals surface area contributed by atoms with Gasteiger partial charge in [-0.3, -0.25) is 15.0 Å². The predicted octanol–water partition coefficient (Wildman–Crippen LogP) is 0.967. The number of morpholine rings is 1. The SMILES string of the molecule is Cl.N=C1NCc2cc(NC(=O)[C@H](O)[C@H]3OCCN(c4cccc(C(=O)O)c4)C3=O)ccc21. The third kappa shape index (κ3) is 4.42. The summed E-state index contributed by atoms with van der Waals surface area (Å²) in [4.78, 5) is 37.9. The van der Waals surface area contributed by atoms with Crippen molar-refractivity contribution in [3.8, 4) is 0 Å². The van der Waals surface area contributed by atoms with E-state index in [0.717, 1.165) is 11.1 Å². The molecule has 0 aliphatic carbocycles. The molecule has 32 heavy (non-hydrogen) atoms. The zero-order chi connectivity index (χ0) is 22.1. The number of nitrogens with one attached hydrogen (secondary N) is 3. The number of hydrogen-bond acceptors (Lipinski definition) is 6. The van der Waals surface area contributed by atoms with Crippen molar-refractivity contribution in [2.24, 2.45) is 0 Å². The molecule has 2 aromatic rings. The quantitative estimate of drug-likeness (QED) is 0.445. The van der Waals surface area contributed by atoms with Crippen molar-refractivity contribution >= 4 is 47.4 Å². The summed E-state index contributed by atoms with van der Waals surface area (Å²) in [5.41, 5.74) is 2.37. The Kier molecular flexibility index (Phi) is 6.78. The number of carbonyl (C=O) groups is 3. The predicted molar refractivity (Wildman–Crippen MR) is 117 cm³/mol. The van der Waals surface area contributed by atoms with E-state index in [-0.39, 0.29) is 31.1 Å². The Morgan fingerprint density at radius 2 is 2.03 bits per heavy atom. The number of aromatic carboxylic acids is 1. The Hall–Kier alpha value is -3.47. The lowest BCUT2D eigenvalue weighted by molar-refractivity contribution is -0.150. The van der Waals surface area contributed by atoms with Gasteiger partial charge in [-0.05, 0) is 42.0 Å². The first-order valence-corrected chi connectivity index (χ1v) is 9.56. The van der Waals surface area contributed by atoms with Gasteiger partial charge in [0.15, 0.2) is 12.2 Å². The van der Waals surface area contributed by atoms with Crippen molar-refractivity contribution in [3.63, 3.8) is 0 Å². The molecule has 2 amide bonds. The number of aliphatic hydroxyl groups is 1. The minimum absolute atomic E-state index is 0. The highest BCUT2D eigenvalue weighted by atomic mass is 35.5. The van der Waals surface area contributed by atoms with Crippen molar-refractivity contribution in [1.82, 2.24) is 5.32 Å². The van der Waals surface area contributed by atoms with E-state index in [1.54, 1.807) is 24.3 Å². The molecule has 2 aliphatic rings. The van der Waals surface area contributed by atoms with E-state index >= 15 is 0 Å². The third-order valence-corrected chi connectivity index (χ3v) is 5.18. The molecular formula is C21H21ClN4O6. The summed E-state index contributed by atoms with van der Waals surface area (Å²) in [5.74, 6) is -2.26. The van der Waals surface area contributed by atoms with Gasteiger partial charge >= 0.3 is 5.97 Å². The lowest BCUT2D eigenvalue weighted by Crippen LogP contribution is -2.55. The summed E-state index contributed by atoms with van der Waals surface area (Å²) in [6.07, 6.45) is -3.19.